The lowest BCUT2D eigenvalue weighted by Gasteiger charge is -2.03. The van der Waals surface area contributed by atoms with Crippen molar-refractivity contribution in [3.63, 3.8) is 0 Å². The Hall–Kier alpha value is -1.01. The molecular formula is C8H12O3. The summed E-state index contributed by atoms with van der Waals surface area (Å²) in [5, 5.41) is 8.72. The number of esters is 1. The van der Waals surface area contributed by atoms with Gasteiger partial charge in [0, 0.05) is 0 Å². The Bertz CT molecular complexity index is 157. The van der Waals surface area contributed by atoms with Crippen LogP contribution in [0.4, 0.5) is 0 Å². The van der Waals surface area contributed by atoms with E-state index in [1.807, 2.05) is 12.8 Å². The smallest absolute Gasteiger partial charge is 0.347 e. The summed E-state index contributed by atoms with van der Waals surface area (Å²) in [5.74, 6) is 1.14. The Balaban J connectivity index is 3.46. The van der Waals surface area contributed by atoms with Gasteiger partial charge in [0.1, 0.15) is 0 Å². The average Bonchev–Trinajstić information content (AvgIpc) is 2.03. The van der Waals surface area contributed by atoms with E-state index < -0.39 is 12.1 Å². The lowest BCUT2D eigenvalue weighted by molar-refractivity contribution is -0.150. The first kappa shape index (κ1) is 9.99. The second kappa shape index (κ2) is 5.75. The van der Waals surface area contributed by atoms with Gasteiger partial charge in [0.05, 0.1) is 6.61 Å². The fraction of sp³-hybridized carbons (Fsp3) is 0.625. The first-order chi connectivity index (χ1) is 5.22. The number of ether oxygens (including phenoxy) is 1. The van der Waals surface area contributed by atoms with Crippen molar-refractivity contribution in [3.8, 4) is 12.3 Å². The van der Waals surface area contributed by atoms with Crippen LogP contribution in [0.5, 0.6) is 0 Å². The number of hydrogen-bond donors (Lipinski definition) is 1. The van der Waals surface area contributed by atoms with E-state index in [1.54, 1.807) is 0 Å². The lowest BCUT2D eigenvalue weighted by Crippen LogP contribution is -2.21. The van der Waals surface area contributed by atoms with E-state index in [1.165, 1.54) is 0 Å². The molecule has 0 saturated carbocycles. The molecule has 0 bridgehead atoms. The van der Waals surface area contributed by atoms with E-state index in [0.29, 0.717) is 6.61 Å². The van der Waals surface area contributed by atoms with Crippen LogP contribution >= 0.6 is 0 Å². The predicted molar refractivity (Wildman–Crippen MR) is 40.7 cm³/mol. The summed E-state index contributed by atoms with van der Waals surface area (Å²) in [6.07, 6.45) is 5.10. The molecule has 0 aromatic heterocycles. The first-order valence-corrected chi connectivity index (χ1v) is 3.53. The van der Waals surface area contributed by atoms with Gasteiger partial charge in [-0.3, -0.25) is 0 Å². The molecule has 0 aromatic rings. The summed E-state index contributed by atoms with van der Waals surface area (Å²) in [6.45, 7) is 2.31. The van der Waals surface area contributed by atoms with Crippen molar-refractivity contribution in [2.45, 2.75) is 25.9 Å². The molecule has 0 spiro atoms. The van der Waals surface area contributed by atoms with Crippen LogP contribution in [0.1, 0.15) is 19.8 Å². The fourth-order valence-corrected chi connectivity index (χ4v) is 0.464. The molecule has 0 fully saturated rings. The second-order valence-corrected chi connectivity index (χ2v) is 2.09. The number of aliphatic hydroxyl groups excluding tert-OH is 1. The van der Waals surface area contributed by atoms with Gasteiger partial charge in [-0.2, -0.15) is 0 Å². The van der Waals surface area contributed by atoms with Crippen molar-refractivity contribution in [2.24, 2.45) is 0 Å². The molecule has 0 aliphatic carbocycles. The summed E-state index contributed by atoms with van der Waals surface area (Å²) < 4.78 is 4.60. The predicted octanol–water partition coefficient (Wildman–Crippen LogP) is 0.324. The van der Waals surface area contributed by atoms with E-state index in [-0.39, 0.29) is 0 Å². The molecule has 3 nitrogen and oxygen atoms in total. The van der Waals surface area contributed by atoms with Gasteiger partial charge in [-0.1, -0.05) is 19.3 Å². The summed E-state index contributed by atoms with van der Waals surface area (Å²) in [7, 11) is 0. The monoisotopic (exact) mass is 156 g/mol. The number of terminal acetylenes is 1. The molecule has 3 heteroatoms. The maximum Gasteiger partial charge on any atom is 0.347 e. The Morgan fingerprint density at radius 1 is 1.82 bits per heavy atom. The summed E-state index contributed by atoms with van der Waals surface area (Å²) >= 11 is 0. The largest absolute Gasteiger partial charge is 0.463 e. The SMILES string of the molecule is C#CC(O)C(=O)OCCCC. The van der Waals surface area contributed by atoms with E-state index >= 15 is 0 Å². The molecular weight excluding hydrogens is 144 g/mol. The molecule has 0 rings (SSSR count). The summed E-state index contributed by atoms with van der Waals surface area (Å²) in [4.78, 5) is 10.6. The topological polar surface area (TPSA) is 46.5 Å². The van der Waals surface area contributed by atoms with Gasteiger partial charge in [0.25, 0.3) is 0 Å². The number of aliphatic hydroxyl groups is 1. The molecule has 0 heterocycles. The highest BCUT2D eigenvalue weighted by molar-refractivity contribution is 5.77. The van der Waals surface area contributed by atoms with E-state index in [2.05, 4.69) is 4.74 Å². The highest BCUT2D eigenvalue weighted by Crippen LogP contribution is 1.91. The van der Waals surface area contributed by atoms with Gasteiger partial charge in [0.2, 0.25) is 6.10 Å². The molecule has 62 valence electrons. The van der Waals surface area contributed by atoms with Gasteiger partial charge in [0.15, 0.2) is 0 Å². The molecule has 0 saturated heterocycles. The Morgan fingerprint density at radius 3 is 2.91 bits per heavy atom. The highest BCUT2D eigenvalue weighted by Gasteiger charge is 2.11. The minimum atomic E-state index is -1.41. The quantitative estimate of drug-likeness (QED) is 0.362. The van der Waals surface area contributed by atoms with E-state index in [4.69, 9.17) is 11.5 Å². The molecule has 0 aliphatic heterocycles. The van der Waals surface area contributed by atoms with Gasteiger partial charge < -0.3 is 9.84 Å². The number of carbonyl (C=O) groups is 1. The number of hydrogen-bond acceptors (Lipinski definition) is 3. The zero-order valence-electron chi connectivity index (χ0n) is 6.54. The molecule has 1 unspecified atom stereocenters. The average molecular weight is 156 g/mol. The van der Waals surface area contributed by atoms with Crippen LogP contribution in [0, 0.1) is 12.3 Å². The zero-order chi connectivity index (χ0) is 8.69. The van der Waals surface area contributed by atoms with Crippen LogP contribution in [0.25, 0.3) is 0 Å². The van der Waals surface area contributed by atoms with Crippen molar-refractivity contribution in [2.75, 3.05) is 6.61 Å². The number of rotatable bonds is 4. The molecule has 0 aromatic carbocycles. The number of unbranched alkanes of at least 4 members (excludes halogenated alkanes) is 1. The van der Waals surface area contributed by atoms with Crippen LogP contribution in [0.15, 0.2) is 0 Å². The van der Waals surface area contributed by atoms with Gasteiger partial charge in [-0.15, -0.1) is 6.42 Å². The molecule has 0 aliphatic rings. The highest BCUT2D eigenvalue weighted by atomic mass is 16.5. The van der Waals surface area contributed by atoms with E-state index in [0.717, 1.165) is 12.8 Å². The first-order valence-electron chi connectivity index (χ1n) is 3.53. The van der Waals surface area contributed by atoms with Crippen LogP contribution < -0.4 is 0 Å². The normalized spacial score (nSPS) is 11.7. The standard InChI is InChI=1S/C8H12O3/c1-3-5-6-11-8(10)7(9)4-2/h2,7,9H,3,5-6H2,1H3. The van der Waals surface area contributed by atoms with Crippen molar-refractivity contribution < 1.29 is 14.6 Å². The van der Waals surface area contributed by atoms with Crippen LogP contribution in [-0.2, 0) is 9.53 Å². The second-order valence-electron chi connectivity index (χ2n) is 2.09. The Labute approximate surface area is 66.4 Å². The van der Waals surface area contributed by atoms with Gasteiger partial charge in [-0.05, 0) is 6.42 Å². The van der Waals surface area contributed by atoms with Crippen molar-refractivity contribution >= 4 is 5.97 Å². The van der Waals surface area contributed by atoms with Crippen LogP contribution in [0.2, 0.25) is 0 Å². The third-order valence-corrected chi connectivity index (χ3v) is 1.12. The van der Waals surface area contributed by atoms with Gasteiger partial charge in [-0.25, -0.2) is 4.79 Å². The molecule has 1 atom stereocenters. The third-order valence-electron chi connectivity index (χ3n) is 1.12. The maximum atomic E-state index is 10.6. The Morgan fingerprint density at radius 2 is 2.45 bits per heavy atom. The number of carbonyl (C=O) groups excluding carboxylic acids is 1. The summed E-state index contributed by atoms with van der Waals surface area (Å²) in [5.41, 5.74) is 0. The molecule has 1 N–H and O–H groups in total. The Kier molecular flexibility index (Phi) is 5.22. The van der Waals surface area contributed by atoms with Crippen LogP contribution in [0.3, 0.4) is 0 Å². The maximum absolute atomic E-state index is 10.6. The van der Waals surface area contributed by atoms with E-state index in [9.17, 15) is 4.79 Å². The third kappa shape index (κ3) is 4.40. The van der Waals surface area contributed by atoms with Crippen molar-refractivity contribution in [1.82, 2.24) is 0 Å². The van der Waals surface area contributed by atoms with Gasteiger partial charge >= 0.3 is 5.97 Å². The molecule has 0 amide bonds. The lowest BCUT2D eigenvalue weighted by atomic mass is 10.3. The molecule has 11 heavy (non-hydrogen) atoms. The fourth-order valence-electron chi connectivity index (χ4n) is 0.464. The van der Waals surface area contributed by atoms with Crippen molar-refractivity contribution in [1.29, 1.82) is 0 Å². The summed E-state index contributed by atoms with van der Waals surface area (Å²) in [6, 6.07) is 0. The van der Waals surface area contributed by atoms with Crippen molar-refractivity contribution in [3.05, 3.63) is 0 Å². The molecule has 0 radical (unpaired) electrons. The van der Waals surface area contributed by atoms with Crippen LogP contribution in [-0.4, -0.2) is 23.8 Å². The minimum Gasteiger partial charge on any atom is -0.463 e. The zero-order valence-corrected chi connectivity index (χ0v) is 6.54. The minimum absolute atomic E-state index is 0.327.